The largest absolute Gasteiger partial charge is 0.424 e. The Balaban J connectivity index is 1.85. The van der Waals surface area contributed by atoms with Crippen LogP contribution in [0.3, 0.4) is 0 Å². The summed E-state index contributed by atoms with van der Waals surface area (Å²) in [5, 5.41) is 7.47. The van der Waals surface area contributed by atoms with Gasteiger partial charge in [0.05, 0.1) is 4.47 Å². The second kappa shape index (κ2) is 5.15. The van der Waals surface area contributed by atoms with E-state index in [0.29, 0.717) is 11.6 Å². The maximum Gasteiger partial charge on any atom is 0.321 e. The highest BCUT2D eigenvalue weighted by atomic mass is 79.9. The minimum atomic E-state index is 0.269. The van der Waals surface area contributed by atoms with Crippen molar-refractivity contribution in [1.82, 2.24) is 20.2 Å². The van der Waals surface area contributed by atoms with Crippen molar-refractivity contribution in [3.8, 4) is 23.2 Å². The molecule has 0 N–H and O–H groups in total. The third-order valence-corrected chi connectivity index (χ3v) is 2.66. The van der Waals surface area contributed by atoms with Crippen LogP contribution in [0.4, 0.5) is 0 Å². The molecule has 94 valence electrons. The number of nitrogens with zero attached hydrogens (tertiary/aromatic N) is 4. The molecule has 2 heterocycles. The highest BCUT2D eigenvalue weighted by Gasteiger charge is 2.06. The number of hydrogen-bond acceptors (Lipinski definition) is 6. The van der Waals surface area contributed by atoms with Gasteiger partial charge in [-0.2, -0.15) is 0 Å². The molecule has 0 aliphatic carbocycles. The average molecular weight is 319 g/mol. The van der Waals surface area contributed by atoms with Crippen LogP contribution in [-0.4, -0.2) is 20.2 Å². The molecule has 3 aromatic rings. The monoisotopic (exact) mass is 318 g/mol. The zero-order chi connectivity index (χ0) is 13.1. The fourth-order valence-electron chi connectivity index (χ4n) is 1.45. The van der Waals surface area contributed by atoms with E-state index in [1.54, 1.807) is 24.5 Å². The van der Waals surface area contributed by atoms with Crippen molar-refractivity contribution in [1.29, 1.82) is 0 Å². The van der Waals surface area contributed by atoms with Crippen LogP contribution in [-0.2, 0) is 0 Å². The van der Waals surface area contributed by atoms with Gasteiger partial charge in [-0.3, -0.25) is 0 Å². The summed E-state index contributed by atoms with van der Waals surface area (Å²) in [5.74, 6) is 1.03. The molecule has 7 heteroatoms. The molecule has 0 saturated heterocycles. The second-order valence-electron chi connectivity index (χ2n) is 3.56. The smallest absolute Gasteiger partial charge is 0.321 e. The lowest BCUT2D eigenvalue weighted by Crippen LogP contribution is -1.91. The Morgan fingerprint density at radius 2 is 2.00 bits per heavy atom. The molecule has 0 aliphatic heterocycles. The molecule has 0 aliphatic rings. The molecule has 0 atom stereocenters. The SMILES string of the molecule is Brc1cnc(Oc2cccc(-c3nnco3)c2)nc1. The Morgan fingerprint density at radius 1 is 1.16 bits per heavy atom. The molecule has 0 spiro atoms. The zero-order valence-corrected chi connectivity index (χ0v) is 11.1. The van der Waals surface area contributed by atoms with E-state index >= 15 is 0 Å². The number of halogens is 1. The van der Waals surface area contributed by atoms with Gasteiger partial charge in [0.15, 0.2) is 0 Å². The summed E-state index contributed by atoms with van der Waals surface area (Å²) in [6, 6.07) is 7.52. The Bertz CT molecular complexity index is 670. The van der Waals surface area contributed by atoms with E-state index in [4.69, 9.17) is 9.15 Å². The van der Waals surface area contributed by atoms with Crippen LogP contribution in [0.1, 0.15) is 0 Å². The molecule has 1 aromatic carbocycles. The number of rotatable bonds is 3. The van der Waals surface area contributed by atoms with Gasteiger partial charge >= 0.3 is 6.01 Å². The van der Waals surface area contributed by atoms with Gasteiger partial charge in [0.25, 0.3) is 0 Å². The first-order valence-electron chi connectivity index (χ1n) is 5.33. The Labute approximate surface area is 116 Å². The standard InChI is InChI=1S/C12H7BrN4O2/c13-9-5-14-12(15-6-9)19-10-3-1-2-8(4-10)11-17-16-7-18-11/h1-7H. The fourth-order valence-corrected chi connectivity index (χ4v) is 1.65. The highest BCUT2D eigenvalue weighted by Crippen LogP contribution is 2.24. The summed E-state index contributed by atoms with van der Waals surface area (Å²) in [7, 11) is 0. The normalized spacial score (nSPS) is 10.4. The summed E-state index contributed by atoms with van der Waals surface area (Å²) in [6.07, 6.45) is 4.51. The molecule has 0 radical (unpaired) electrons. The molecule has 2 aromatic heterocycles. The molecule has 3 rings (SSSR count). The minimum absolute atomic E-state index is 0.269. The number of aromatic nitrogens is 4. The Morgan fingerprint density at radius 3 is 2.74 bits per heavy atom. The van der Waals surface area contributed by atoms with Crippen molar-refractivity contribution < 1.29 is 9.15 Å². The van der Waals surface area contributed by atoms with E-state index in [9.17, 15) is 0 Å². The summed E-state index contributed by atoms with van der Waals surface area (Å²) < 4.78 is 11.5. The van der Waals surface area contributed by atoms with Gasteiger partial charge in [-0.15, -0.1) is 10.2 Å². The summed E-state index contributed by atoms with van der Waals surface area (Å²) in [4.78, 5) is 8.07. The van der Waals surface area contributed by atoms with Gasteiger partial charge in [0, 0.05) is 18.0 Å². The predicted molar refractivity (Wildman–Crippen MR) is 69.5 cm³/mol. The van der Waals surface area contributed by atoms with Crippen molar-refractivity contribution in [3.05, 3.63) is 47.5 Å². The van der Waals surface area contributed by atoms with Crippen LogP contribution >= 0.6 is 15.9 Å². The van der Waals surface area contributed by atoms with E-state index in [1.165, 1.54) is 6.39 Å². The summed E-state index contributed by atoms with van der Waals surface area (Å²) >= 11 is 3.26. The summed E-state index contributed by atoms with van der Waals surface area (Å²) in [5.41, 5.74) is 0.770. The molecular weight excluding hydrogens is 312 g/mol. The third kappa shape index (κ3) is 2.76. The van der Waals surface area contributed by atoms with Crippen LogP contribution in [0.25, 0.3) is 11.5 Å². The first-order valence-corrected chi connectivity index (χ1v) is 6.12. The molecule has 0 amide bonds. The molecule has 6 nitrogen and oxygen atoms in total. The molecule has 19 heavy (non-hydrogen) atoms. The van der Waals surface area contributed by atoms with E-state index < -0.39 is 0 Å². The van der Waals surface area contributed by atoms with Crippen LogP contribution in [0, 0.1) is 0 Å². The van der Waals surface area contributed by atoms with E-state index in [0.717, 1.165) is 10.0 Å². The van der Waals surface area contributed by atoms with Crippen molar-refractivity contribution >= 4 is 15.9 Å². The molecule has 0 fully saturated rings. The second-order valence-corrected chi connectivity index (χ2v) is 4.47. The average Bonchev–Trinajstić information content (AvgIpc) is 2.96. The van der Waals surface area contributed by atoms with Crippen molar-refractivity contribution in [2.24, 2.45) is 0 Å². The summed E-state index contributed by atoms with van der Waals surface area (Å²) in [6.45, 7) is 0. The van der Waals surface area contributed by atoms with Crippen LogP contribution in [0.2, 0.25) is 0 Å². The molecule has 0 saturated carbocycles. The van der Waals surface area contributed by atoms with Gasteiger partial charge in [-0.05, 0) is 34.1 Å². The third-order valence-electron chi connectivity index (χ3n) is 2.25. The maximum absolute atomic E-state index is 5.54. The van der Waals surface area contributed by atoms with Gasteiger partial charge < -0.3 is 9.15 Å². The number of ether oxygens (including phenoxy) is 1. The van der Waals surface area contributed by atoms with Crippen LogP contribution in [0.5, 0.6) is 11.8 Å². The lowest BCUT2D eigenvalue weighted by molar-refractivity contribution is 0.441. The maximum atomic E-state index is 5.54. The van der Waals surface area contributed by atoms with Gasteiger partial charge in [0.2, 0.25) is 12.3 Å². The van der Waals surface area contributed by atoms with Crippen molar-refractivity contribution in [2.75, 3.05) is 0 Å². The zero-order valence-electron chi connectivity index (χ0n) is 9.52. The van der Waals surface area contributed by atoms with Crippen LogP contribution in [0.15, 0.2) is 51.9 Å². The van der Waals surface area contributed by atoms with Gasteiger partial charge in [-0.25, -0.2) is 9.97 Å². The highest BCUT2D eigenvalue weighted by molar-refractivity contribution is 9.10. The Kier molecular flexibility index (Phi) is 3.20. The van der Waals surface area contributed by atoms with E-state index in [-0.39, 0.29) is 6.01 Å². The Hall–Kier alpha value is -2.28. The van der Waals surface area contributed by atoms with Gasteiger partial charge in [-0.1, -0.05) is 6.07 Å². The number of hydrogen-bond donors (Lipinski definition) is 0. The topological polar surface area (TPSA) is 73.9 Å². The molecule has 0 bridgehead atoms. The quantitative estimate of drug-likeness (QED) is 0.738. The first-order chi connectivity index (χ1) is 9.31. The van der Waals surface area contributed by atoms with E-state index in [2.05, 4.69) is 36.1 Å². The molecular formula is C12H7BrN4O2. The van der Waals surface area contributed by atoms with E-state index in [1.807, 2.05) is 12.1 Å². The lowest BCUT2D eigenvalue weighted by atomic mass is 10.2. The molecule has 0 unspecified atom stereocenters. The van der Waals surface area contributed by atoms with Gasteiger partial charge in [0.1, 0.15) is 5.75 Å². The number of benzene rings is 1. The first kappa shape index (κ1) is 11.8. The minimum Gasteiger partial charge on any atom is -0.424 e. The lowest BCUT2D eigenvalue weighted by Gasteiger charge is -2.04. The van der Waals surface area contributed by atoms with Crippen molar-refractivity contribution in [3.63, 3.8) is 0 Å². The van der Waals surface area contributed by atoms with Crippen LogP contribution < -0.4 is 4.74 Å². The van der Waals surface area contributed by atoms with Crippen molar-refractivity contribution in [2.45, 2.75) is 0 Å². The predicted octanol–water partition coefficient (Wildman–Crippen LogP) is 3.08. The fraction of sp³-hybridized carbons (Fsp3) is 0.